The molecule has 0 fully saturated rings. The van der Waals surface area contributed by atoms with Crippen molar-refractivity contribution in [3.8, 4) is 29.7 Å². The van der Waals surface area contributed by atoms with E-state index in [0.717, 1.165) is 5.56 Å². The van der Waals surface area contributed by atoms with Crippen LogP contribution < -0.4 is 15.2 Å². The van der Waals surface area contributed by atoms with E-state index in [1.54, 1.807) is 24.3 Å². The number of amides is 1. The zero-order valence-electron chi connectivity index (χ0n) is 20.5. The number of allylic oxidation sites excluding steroid dienone is 2. The summed E-state index contributed by atoms with van der Waals surface area (Å²) in [5.74, 6) is -0.549. The van der Waals surface area contributed by atoms with Gasteiger partial charge in [0.2, 0.25) is 0 Å². The maximum atomic E-state index is 13.0. The second-order valence-corrected chi connectivity index (χ2v) is 8.73. The molecule has 0 unspecified atom stereocenters. The SMILES string of the molecule is COc1ccc(OC)c([C@H]2[C@@H]3CN(C(=O)OCc4ccccc4)CC=C3C(C#N)=C(N)C2(C#N)C#N)c1. The summed E-state index contributed by atoms with van der Waals surface area (Å²) in [5.41, 5.74) is 6.42. The molecule has 2 aromatic rings. The maximum absolute atomic E-state index is 13.0. The van der Waals surface area contributed by atoms with Crippen LogP contribution in [0, 0.1) is 45.3 Å². The van der Waals surface area contributed by atoms with Crippen LogP contribution in [0.25, 0.3) is 0 Å². The Hall–Kier alpha value is -4.94. The van der Waals surface area contributed by atoms with Crippen molar-refractivity contribution in [2.45, 2.75) is 12.5 Å². The molecule has 9 nitrogen and oxygen atoms in total. The van der Waals surface area contributed by atoms with Crippen LogP contribution in [-0.2, 0) is 11.3 Å². The molecule has 186 valence electrons. The van der Waals surface area contributed by atoms with Gasteiger partial charge in [0.05, 0.1) is 37.6 Å². The van der Waals surface area contributed by atoms with Crippen molar-refractivity contribution in [1.82, 2.24) is 4.90 Å². The Bertz CT molecular complexity index is 1380. The van der Waals surface area contributed by atoms with Gasteiger partial charge < -0.3 is 24.8 Å². The van der Waals surface area contributed by atoms with Gasteiger partial charge in [0, 0.05) is 30.5 Å². The molecule has 9 heteroatoms. The third-order valence-electron chi connectivity index (χ3n) is 6.90. The second kappa shape index (κ2) is 10.4. The molecule has 4 rings (SSSR count). The predicted molar refractivity (Wildman–Crippen MR) is 133 cm³/mol. The number of rotatable bonds is 5. The molecule has 37 heavy (non-hydrogen) atoms. The Morgan fingerprint density at radius 1 is 1.11 bits per heavy atom. The summed E-state index contributed by atoms with van der Waals surface area (Å²) in [7, 11) is 2.99. The van der Waals surface area contributed by atoms with Gasteiger partial charge in [-0.15, -0.1) is 0 Å². The van der Waals surface area contributed by atoms with Crippen molar-refractivity contribution in [3.63, 3.8) is 0 Å². The molecule has 0 aromatic heterocycles. The van der Waals surface area contributed by atoms with E-state index in [9.17, 15) is 20.6 Å². The summed E-state index contributed by atoms with van der Waals surface area (Å²) in [6.45, 7) is 0.390. The first-order valence-electron chi connectivity index (χ1n) is 11.5. The molecule has 2 atom stereocenters. The minimum Gasteiger partial charge on any atom is -0.497 e. The fourth-order valence-corrected chi connectivity index (χ4v) is 5.07. The van der Waals surface area contributed by atoms with Crippen LogP contribution in [0.15, 0.2) is 71.5 Å². The van der Waals surface area contributed by atoms with Crippen LogP contribution in [0.3, 0.4) is 0 Å². The lowest BCUT2D eigenvalue weighted by molar-refractivity contribution is 0.0897. The minimum atomic E-state index is -1.89. The summed E-state index contributed by atoms with van der Waals surface area (Å²) in [6, 6.07) is 20.7. The predicted octanol–water partition coefficient (Wildman–Crippen LogP) is 3.77. The Balaban J connectivity index is 1.80. The summed E-state index contributed by atoms with van der Waals surface area (Å²) >= 11 is 0. The average Bonchev–Trinajstić information content (AvgIpc) is 2.95. The van der Waals surface area contributed by atoms with Crippen molar-refractivity contribution >= 4 is 6.09 Å². The number of nitrogens with zero attached hydrogens (tertiary/aromatic N) is 4. The Morgan fingerprint density at radius 2 is 1.84 bits per heavy atom. The molecule has 0 bridgehead atoms. The van der Waals surface area contributed by atoms with Gasteiger partial charge in [-0.3, -0.25) is 0 Å². The molecule has 0 saturated heterocycles. The molecule has 0 saturated carbocycles. The highest BCUT2D eigenvalue weighted by Crippen LogP contribution is 2.56. The first-order chi connectivity index (χ1) is 17.9. The Kier molecular flexibility index (Phi) is 7.04. The Labute approximate surface area is 215 Å². The normalized spacial score (nSPS) is 19.9. The van der Waals surface area contributed by atoms with Gasteiger partial charge in [0.25, 0.3) is 0 Å². The van der Waals surface area contributed by atoms with E-state index in [0.29, 0.717) is 22.6 Å². The standard InChI is InChI=1S/C28H25N5O4/c1-35-19-8-9-24(36-2)21(12-19)25-23-14-33(27(34)37-15-18-6-4-3-5-7-18)11-10-20(23)22(13-29)26(32)28(25,16-30)17-31/h3-10,12,23,25H,11,14-15,32H2,1-2H3/t23-,25+/m1/s1. The first kappa shape index (κ1) is 25.2. The zero-order chi connectivity index (χ0) is 26.6. The lowest BCUT2D eigenvalue weighted by Gasteiger charge is -2.45. The number of carbonyl (C=O) groups is 1. The number of hydrogen-bond donors (Lipinski definition) is 1. The summed E-state index contributed by atoms with van der Waals surface area (Å²) in [6.07, 6.45) is 1.19. The molecular formula is C28H25N5O4. The van der Waals surface area contributed by atoms with Crippen LogP contribution >= 0.6 is 0 Å². The molecular weight excluding hydrogens is 470 g/mol. The molecule has 1 amide bonds. The highest BCUT2D eigenvalue weighted by atomic mass is 16.6. The van der Waals surface area contributed by atoms with E-state index in [2.05, 4.69) is 18.2 Å². The number of ether oxygens (including phenoxy) is 3. The van der Waals surface area contributed by atoms with Gasteiger partial charge in [-0.2, -0.15) is 15.8 Å². The molecule has 1 aliphatic carbocycles. The minimum absolute atomic E-state index is 0.0866. The van der Waals surface area contributed by atoms with Crippen LogP contribution in [-0.4, -0.2) is 38.3 Å². The molecule has 1 aliphatic heterocycles. The van der Waals surface area contributed by atoms with Crippen molar-refractivity contribution in [1.29, 1.82) is 15.8 Å². The second-order valence-electron chi connectivity index (χ2n) is 8.73. The van der Waals surface area contributed by atoms with Gasteiger partial charge in [-0.05, 0) is 29.3 Å². The maximum Gasteiger partial charge on any atom is 0.410 e. The molecule has 2 N–H and O–H groups in total. The van der Waals surface area contributed by atoms with Gasteiger partial charge in [-0.25, -0.2) is 4.79 Å². The van der Waals surface area contributed by atoms with Gasteiger partial charge in [-0.1, -0.05) is 36.4 Å². The zero-order valence-corrected chi connectivity index (χ0v) is 20.5. The molecule has 0 radical (unpaired) electrons. The fourth-order valence-electron chi connectivity index (χ4n) is 5.07. The first-order valence-corrected chi connectivity index (χ1v) is 11.5. The third kappa shape index (κ3) is 4.30. The fraction of sp³-hybridized carbons (Fsp3) is 0.286. The van der Waals surface area contributed by atoms with Gasteiger partial charge >= 0.3 is 6.09 Å². The van der Waals surface area contributed by atoms with E-state index in [-0.39, 0.29) is 31.0 Å². The Morgan fingerprint density at radius 3 is 2.46 bits per heavy atom. The van der Waals surface area contributed by atoms with E-state index in [1.165, 1.54) is 19.1 Å². The lowest BCUT2D eigenvalue weighted by Crippen LogP contribution is -2.49. The number of methoxy groups -OCH3 is 2. The molecule has 2 aromatic carbocycles. The smallest absolute Gasteiger partial charge is 0.410 e. The van der Waals surface area contributed by atoms with E-state index < -0.39 is 23.3 Å². The number of benzene rings is 2. The van der Waals surface area contributed by atoms with Crippen LogP contribution in [0.1, 0.15) is 17.0 Å². The monoisotopic (exact) mass is 495 g/mol. The van der Waals surface area contributed by atoms with E-state index in [4.69, 9.17) is 19.9 Å². The third-order valence-corrected chi connectivity index (χ3v) is 6.90. The number of carbonyl (C=O) groups excluding carboxylic acids is 1. The van der Waals surface area contributed by atoms with Crippen molar-refractivity contribution in [2.75, 3.05) is 27.3 Å². The van der Waals surface area contributed by atoms with Crippen molar-refractivity contribution in [3.05, 3.63) is 82.6 Å². The summed E-state index contributed by atoms with van der Waals surface area (Å²) in [5, 5.41) is 30.6. The average molecular weight is 496 g/mol. The topological polar surface area (TPSA) is 145 Å². The van der Waals surface area contributed by atoms with Crippen molar-refractivity contribution < 1.29 is 19.0 Å². The number of hydrogen-bond acceptors (Lipinski definition) is 8. The molecule has 1 heterocycles. The van der Waals surface area contributed by atoms with Crippen molar-refractivity contribution in [2.24, 2.45) is 17.1 Å². The molecule has 0 spiro atoms. The quantitative estimate of drug-likeness (QED) is 0.660. The largest absolute Gasteiger partial charge is 0.497 e. The van der Waals surface area contributed by atoms with Crippen LogP contribution in [0.4, 0.5) is 4.79 Å². The van der Waals surface area contributed by atoms with Gasteiger partial charge in [0.1, 0.15) is 24.2 Å². The number of fused-ring (bicyclic) bond motifs is 1. The summed E-state index contributed by atoms with van der Waals surface area (Å²) in [4.78, 5) is 14.5. The van der Waals surface area contributed by atoms with Gasteiger partial charge in [0.15, 0.2) is 5.41 Å². The highest BCUT2D eigenvalue weighted by Gasteiger charge is 2.55. The van der Waals surface area contributed by atoms with E-state index in [1.807, 2.05) is 30.3 Å². The highest BCUT2D eigenvalue weighted by molar-refractivity contribution is 5.70. The molecule has 2 aliphatic rings. The van der Waals surface area contributed by atoms with Crippen LogP contribution in [0.2, 0.25) is 0 Å². The van der Waals surface area contributed by atoms with Crippen LogP contribution in [0.5, 0.6) is 11.5 Å². The summed E-state index contributed by atoms with van der Waals surface area (Å²) < 4.78 is 16.5. The number of nitriles is 3. The van der Waals surface area contributed by atoms with E-state index >= 15 is 0 Å². The lowest BCUT2D eigenvalue weighted by atomic mass is 9.58. The number of nitrogens with two attached hydrogens (primary N) is 1.